The molecule has 0 aromatic heterocycles. The van der Waals surface area contributed by atoms with E-state index < -0.39 is 5.82 Å². The minimum absolute atomic E-state index is 0. The van der Waals surface area contributed by atoms with Crippen molar-refractivity contribution >= 4 is 18.3 Å². The molecular formula is C18H26ClFN2O2. The van der Waals surface area contributed by atoms with E-state index in [1.807, 2.05) is 6.92 Å². The molecule has 0 spiro atoms. The number of carbonyl (C=O) groups excluding carboxylic acids is 1. The molecule has 1 aromatic rings. The Morgan fingerprint density at radius 2 is 2.12 bits per heavy atom. The van der Waals surface area contributed by atoms with Crippen LogP contribution in [0, 0.1) is 11.7 Å². The molecule has 6 heteroatoms. The first-order valence-corrected chi connectivity index (χ1v) is 8.48. The molecule has 4 atom stereocenters. The van der Waals surface area contributed by atoms with Crippen molar-refractivity contribution in [3.8, 4) is 5.75 Å². The van der Waals surface area contributed by atoms with Crippen LogP contribution in [0.3, 0.4) is 0 Å². The number of carbonyl (C=O) groups is 1. The van der Waals surface area contributed by atoms with Gasteiger partial charge in [0.1, 0.15) is 0 Å². The minimum atomic E-state index is -0.406. The van der Waals surface area contributed by atoms with Gasteiger partial charge in [-0.2, -0.15) is 0 Å². The summed E-state index contributed by atoms with van der Waals surface area (Å²) < 4.78 is 18.7. The van der Waals surface area contributed by atoms with Crippen LogP contribution >= 0.6 is 12.4 Å². The van der Waals surface area contributed by atoms with Crippen molar-refractivity contribution in [2.24, 2.45) is 5.92 Å². The molecule has 2 fully saturated rings. The zero-order valence-electron chi connectivity index (χ0n) is 14.2. The second kappa shape index (κ2) is 8.17. The third-order valence-electron chi connectivity index (χ3n) is 5.21. The largest absolute Gasteiger partial charge is 0.494 e. The van der Waals surface area contributed by atoms with Crippen molar-refractivity contribution in [2.75, 3.05) is 7.11 Å². The van der Waals surface area contributed by atoms with E-state index in [1.165, 1.54) is 38.9 Å². The normalized spacial score (nSPS) is 26.9. The lowest BCUT2D eigenvalue weighted by atomic mass is 9.85. The zero-order chi connectivity index (χ0) is 16.4. The van der Waals surface area contributed by atoms with E-state index >= 15 is 0 Å². The number of nitrogens with one attached hydrogen (secondary N) is 2. The van der Waals surface area contributed by atoms with Crippen LogP contribution < -0.4 is 15.4 Å². The molecule has 4 unspecified atom stereocenters. The highest BCUT2D eigenvalue weighted by Crippen LogP contribution is 2.33. The fraction of sp³-hybridized carbons (Fsp3) is 0.611. The maximum absolute atomic E-state index is 13.8. The lowest BCUT2D eigenvalue weighted by Crippen LogP contribution is -2.43. The van der Waals surface area contributed by atoms with Gasteiger partial charge in [-0.05, 0) is 49.8 Å². The van der Waals surface area contributed by atoms with Crippen LogP contribution in [0.15, 0.2) is 18.2 Å². The number of fused-ring (bicyclic) bond motifs is 1. The summed E-state index contributed by atoms with van der Waals surface area (Å²) in [7, 11) is 1.44. The van der Waals surface area contributed by atoms with Crippen LogP contribution in [0.2, 0.25) is 0 Å². The molecule has 0 radical (unpaired) electrons. The van der Waals surface area contributed by atoms with E-state index in [0.29, 0.717) is 12.0 Å². The van der Waals surface area contributed by atoms with Gasteiger partial charge in [0.2, 0.25) is 5.91 Å². The van der Waals surface area contributed by atoms with E-state index in [-0.39, 0.29) is 36.1 Å². The van der Waals surface area contributed by atoms with Gasteiger partial charge in [0.15, 0.2) is 11.6 Å². The molecule has 4 nitrogen and oxygen atoms in total. The Labute approximate surface area is 148 Å². The van der Waals surface area contributed by atoms with Gasteiger partial charge < -0.3 is 15.4 Å². The fourth-order valence-corrected chi connectivity index (χ4v) is 3.87. The lowest BCUT2D eigenvalue weighted by Gasteiger charge is -2.24. The average molecular weight is 357 g/mol. The molecule has 1 saturated heterocycles. The molecule has 3 rings (SSSR count). The van der Waals surface area contributed by atoms with Gasteiger partial charge in [-0.15, -0.1) is 12.4 Å². The van der Waals surface area contributed by atoms with Gasteiger partial charge in [0, 0.05) is 6.04 Å². The number of ether oxygens (including phenoxy) is 1. The average Bonchev–Trinajstić information content (AvgIpc) is 2.99. The summed E-state index contributed by atoms with van der Waals surface area (Å²) >= 11 is 0. The van der Waals surface area contributed by atoms with Gasteiger partial charge in [-0.25, -0.2) is 4.39 Å². The topological polar surface area (TPSA) is 50.4 Å². The SMILES string of the molecule is COc1ccc(C(C)NC(=O)C2CC3CCCCC3N2)cc1F.Cl. The molecule has 24 heavy (non-hydrogen) atoms. The van der Waals surface area contributed by atoms with E-state index in [9.17, 15) is 9.18 Å². The second-order valence-corrected chi connectivity index (χ2v) is 6.73. The van der Waals surface area contributed by atoms with Crippen LogP contribution in [0.4, 0.5) is 4.39 Å². The van der Waals surface area contributed by atoms with Crippen molar-refractivity contribution in [3.05, 3.63) is 29.6 Å². The van der Waals surface area contributed by atoms with Crippen molar-refractivity contribution in [1.29, 1.82) is 0 Å². The number of benzene rings is 1. The Morgan fingerprint density at radius 1 is 1.38 bits per heavy atom. The molecule has 1 saturated carbocycles. The highest BCUT2D eigenvalue weighted by atomic mass is 35.5. The predicted octanol–water partition coefficient (Wildman–Crippen LogP) is 3.35. The van der Waals surface area contributed by atoms with Gasteiger partial charge in [-0.1, -0.05) is 18.9 Å². The first-order valence-electron chi connectivity index (χ1n) is 8.48. The Morgan fingerprint density at radius 3 is 2.79 bits per heavy atom. The van der Waals surface area contributed by atoms with E-state index in [1.54, 1.807) is 12.1 Å². The zero-order valence-corrected chi connectivity index (χ0v) is 15.0. The van der Waals surface area contributed by atoms with Gasteiger partial charge in [-0.3, -0.25) is 4.79 Å². The summed E-state index contributed by atoms with van der Waals surface area (Å²) in [6, 6.07) is 4.95. The first-order chi connectivity index (χ1) is 11.1. The smallest absolute Gasteiger partial charge is 0.237 e. The molecule has 2 aliphatic rings. The van der Waals surface area contributed by atoms with Crippen LogP contribution in [0.1, 0.15) is 50.6 Å². The van der Waals surface area contributed by atoms with E-state index in [4.69, 9.17) is 4.74 Å². The molecule has 1 aliphatic carbocycles. The number of hydrogen-bond acceptors (Lipinski definition) is 3. The summed E-state index contributed by atoms with van der Waals surface area (Å²) in [6.45, 7) is 1.88. The highest BCUT2D eigenvalue weighted by Gasteiger charge is 2.38. The Kier molecular flexibility index (Phi) is 6.47. The molecule has 1 heterocycles. The second-order valence-electron chi connectivity index (χ2n) is 6.73. The van der Waals surface area contributed by atoms with Crippen LogP contribution in [-0.2, 0) is 4.79 Å². The van der Waals surface area contributed by atoms with Gasteiger partial charge >= 0.3 is 0 Å². The van der Waals surface area contributed by atoms with E-state index in [2.05, 4.69) is 10.6 Å². The van der Waals surface area contributed by atoms with E-state index in [0.717, 1.165) is 12.0 Å². The maximum Gasteiger partial charge on any atom is 0.237 e. The molecule has 1 amide bonds. The summed E-state index contributed by atoms with van der Waals surface area (Å²) in [6.07, 6.45) is 5.84. The Bertz CT molecular complexity index is 570. The highest BCUT2D eigenvalue weighted by molar-refractivity contribution is 5.85. The number of methoxy groups -OCH3 is 1. The number of amides is 1. The predicted molar refractivity (Wildman–Crippen MR) is 94.0 cm³/mol. The van der Waals surface area contributed by atoms with Crippen LogP contribution in [0.25, 0.3) is 0 Å². The number of hydrogen-bond donors (Lipinski definition) is 2. The van der Waals surface area contributed by atoms with Crippen molar-refractivity contribution in [1.82, 2.24) is 10.6 Å². The summed E-state index contributed by atoms with van der Waals surface area (Å²) in [5.74, 6) is 0.460. The molecule has 134 valence electrons. The summed E-state index contributed by atoms with van der Waals surface area (Å²) in [5.41, 5.74) is 0.743. The van der Waals surface area contributed by atoms with Gasteiger partial charge in [0.05, 0.1) is 19.2 Å². The molecule has 0 bridgehead atoms. The molecule has 1 aliphatic heterocycles. The van der Waals surface area contributed by atoms with Crippen molar-refractivity contribution in [2.45, 2.75) is 57.2 Å². The third-order valence-corrected chi connectivity index (χ3v) is 5.21. The quantitative estimate of drug-likeness (QED) is 0.869. The summed E-state index contributed by atoms with van der Waals surface area (Å²) in [5, 5.41) is 6.48. The number of rotatable bonds is 4. The summed E-state index contributed by atoms with van der Waals surface area (Å²) in [4.78, 5) is 12.5. The van der Waals surface area contributed by atoms with Crippen molar-refractivity contribution < 1.29 is 13.9 Å². The van der Waals surface area contributed by atoms with Crippen LogP contribution in [-0.4, -0.2) is 25.1 Å². The monoisotopic (exact) mass is 356 g/mol. The number of halogens is 2. The van der Waals surface area contributed by atoms with Gasteiger partial charge in [0.25, 0.3) is 0 Å². The van der Waals surface area contributed by atoms with Crippen molar-refractivity contribution in [3.63, 3.8) is 0 Å². The first kappa shape index (κ1) is 19.0. The third kappa shape index (κ3) is 4.01. The molecule has 1 aromatic carbocycles. The standard InChI is InChI=1S/C18H25FN2O2.ClH/c1-11(12-7-8-17(23-2)14(19)9-12)20-18(22)16-10-13-5-3-4-6-15(13)21-16;/h7-9,11,13,15-16,21H,3-6,10H2,1-2H3,(H,20,22);1H. The Hall–Kier alpha value is -1.33. The van der Waals surface area contributed by atoms with Crippen LogP contribution in [0.5, 0.6) is 5.75 Å². The minimum Gasteiger partial charge on any atom is -0.494 e. The fourth-order valence-electron chi connectivity index (χ4n) is 3.87. The lowest BCUT2D eigenvalue weighted by molar-refractivity contribution is -0.123. The maximum atomic E-state index is 13.8. The Balaban J connectivity index is 0.00000208. The molecular weight excluding hydrogens is 331 g/mol. The molecule has 2 N–H and O–H groups in total.